The van der Waals surface area contributed by atoms with Crippen LogP contribution in [0.3, 0.4) is 0 Å². The maximum absolute atomic E-state index is 11.5. The van der Waals surface area contributed by atoms with Crippen LogP contribution in [0.25, 0.3) is 0 Å². The van der Waals surface area contributed by atoms with Crippen LogP contribution in [0, 0.1) is 10.7 Å². The quantitative estimate of drug-likeness (QED) is 0.849. The second kappa shape index (κ2) is 4.49. The molecule has 1 N–H and O–H groups in total. The van der Waals surface area contributed by atoms with Crippen molar-refractivity contribution in [2.75, 3.05) is 11.5 Å². The molecule has 18 heavy (non-hydrogen) atoms. The number of sulfone groups is 1. The van der Waals surface area contributed by atoms with Gasteiger partial charge in [-0.15, -0.1) is 0 Å². The minimum atomic E-state index is -2.82. The summed E-state index contributed by atoms with van der Waals surface area (Å²) in [6, 6.07) is 0. The molecule has 0 aliphatic carbocycles. The SMILES string of the molecule is CC(C)(C)c1c[nH]c(=S)n1CC1CCS(=O)(=O)C1. The molecule has 1 saturated heterocycles. The average Bonchev–Trinajstić information content (AvgIpc) is 2.71. The Morgan fingerprint density at radius 2 is 2.17 bits per heavy atom. The number of H-pyrrole nitrogens is 1. The van der Waals surface area contributed by atoms with Crippen molar-refractivity contribution in [1.29, 1.82) is 0 Å². The van der Waals surface area contributed by atoms with E-state index < -0.39 is 9.84 Å². The first-order valence-corrected chi connectivity index (χ1v) is 8.41. The van der Waals surface area contributed by atoms with Gasteiger partial charge in [0.2, 0.25) is 0 Å². The predicted octanol–water partition coefficient (Wildman–Crippen LogP) is 2.28. The van der Waals surface area contributed by atoms with Crippen LogP contribution in [0.5, 0.6) is 0 Å². The summed E-state index contributed by atoms with van der Waals surface area (Å²) in [5.74, 6) is 0.808. The highest BCUT2D eigenvalue weighted by molar-refractivity contribution is 7.91. The van der Waals surface area contributed by atoms with Gasteiger partial charge in [-0.3, -0.25) is 0 Å². The van der Waals surface area contributed by atoms with Crippen molar-refractivity contribution in [1.82, 2.24) is 9.55 Å². The summed E-state index contributed by atoms with van der Waals surface area (Å²) in [6.07, 6.45) is 2.69. The maximum atomic E-state index is 11.5. The summed E-state index contributed by atoms with van der Waals surface area (Å²) in [5.41, 5.74) is 1.14. The van der Waals surface area contributed by atoms with Crippen molar-refractivity contribution in [3.63, 3.8) is 0 Å². The molecule has 4 nitrogen and oxygen atoms in total. The molecule has 1 unspecified atom stereocenters. The number of hydrogen-bond donors (Lipinski definition) is 1. The maximum Gasteiger partial charge on any atom is 0.177 e. The Labute approximate surface area is 113 Å². The summed E-state index contributed by atoms with van der Waals surface area (Å²) in [7, 11) is -2.82. The standard InChI is InChI=1S/C12H20N2O2S2/c1-12(2,3)10-6-13-11(17)14(10)7-9-4-5-18(15,16)8-9/h6,9H,4-5,7-8H2,1-3H3,(H,13,17). The van der Waals surface area contributed by atoms with Crippen molar-refractivity contribution >= 4 is 22.1 Å². The fraction of sp³-hybridized carbons (Fsp3) is 0.750. The van der Waals surface area contributed by atoms with Gasteiger partial charge in [0.1, 0.15) is 0 Å². The lowest BCUT2D eigenvalue weighted by Gasteiger charge is -2.22. The van der Waals surface area contributed by atoms with Crippen molar-refractivity contribution in [3.05, 3.63) is 16.7 Å². The molecule has 1 aromatic rings. The molecule has 102 valence electrons. The van der Waals surface area contributed by atoms with Gasteiger partial charge in [0.15, 0.2) is 14.6 Å². The van der Waals surface area contributed by atoms with Gasteiger partial charge in [-0.1, -0.05) is 20.8 Å². The second-order valence-electron chi connectivity index (χ2n) is 6.11. The molecule has 0 aromatic carbocycles. The normalized spacial score (nSPS) is 23.4. The monoisotopic (exact) mass is 288 g/mol. The molecule has 0 radical (unpaired) electrons. The molecule has 2 rings (SSSR count). The number of nitrogens with one attached hydrogen (secondary N) is 1. The molecule has 2 heterocycles. The molecule has 0 bridgehead atoms. The molecule has 0 amide bonds. The summed E-state index contributed by atoms with van der Waals surface area (Å²) in [5, 5.41) is 0. The summed E-state index contributed by atoms with van der Waals surface area (Å²) >= 11 is 5.29. The lowest BCUT2D eigenvalue weighted by atomic mass is 9.92. The number of hydrogen-bond acceptors (Lipinski definition) is 3. The molecule has 1 aliphatic rings. The third-order valence-corrected chi connectivity index (χ3v) is 5.58. The van der Waals surface area contributed by atoms with Crippen molar-refractivity contribution in [3.8, 4) is 0 Å². The van der Waals surface area contributed by atoms with Gasteiger partial charge in [0.05, 0.1) is 11.5 Å². The van der Waals surface area contributed by atoms with E-state index in [0.29, 0.717) is 22.8 Å². The first-order chi connectivity index (χ1) is 8.19. The second-order valence-corrected chi connectivity index (χ2v) is 8.72. The minimum Gasteiger partial charge on any atom is -0.337 e. The highest BCUT2D eigenvalue weighted by atomic mass is 32.2. The highest BCUT2D eigenvalue weighted by Crippen LogP contribution is 2.26. The van der Waals surface area contributed by atoms with Crippen LogP contribution in [-0.2, 0) is 21.8 Å². The largest absolute Gasteiger partial charge is 0.337 e. The Hall–Kier alpha value is -0.620. The van der Waals surface area contributed by atoms with Crippen molar-refractivity contribution < 1.29 is 8.42 Å². The van der Waals surface area contributed by atoms with Gasteiger partial charge >= 0.3 is 0 Å². The first kappa shape index (κ1) is 13.8. The van der Waals surface area contributed by atoms with E-state index in [2.05, 4.69) is 30.3 Å². The van der Waals surface area contributed by atoms with Gasteiger partial charge in [-0.25, -0.2) is 8.42 Å². The van der Waals surface area contributed by atoms with Crippen LogP contribution in [0.1, 0.15) is 32.9 Å². The number of aromatic amines is 1. The number of aromatic nitrogens is 2. The Bertz CT molecular complexity index is 590. The minimum absolute atomic E-state index is 0.00500. The molecular weight excluding hydrogens is 268 g/mol. The summed E-state index contributed by atoms with van der Waals surface area (Å²) in [4.78, 5) is 3.07. The van der Waals surface area contributed by atoms with Crippen LogP contribution in [0.4, 0.5) is 0 Å². The van der Waals surface area contributed by atoms with Crippen molar-refractivity contribution in [2.45, 2.75) is 39.2 Å². The van der Waals surface area contributed by atoms with E-state index >= 15 is 0 Å². The van der Waals surface area contributed by atoms with E-state index in [-0.39, 0.29) is 11.3 Å². The van der Waals surface area contributed by atoms with Crippen LogP contribution in [0.2, 0.25) is 0 Å². The van der Waals surface area contributed by atoms with Gasteiger partial charge in [0.25, 0.3) is 0 Å². The van der Waals surface area contributed by atoms with Gasteiger partial charge < -0.3 is 9.55 Å². The van der Waals surface area contributed by atoms with Gasteiger partial charge in [-0.05, 0) is 24.6 Å². The molecule has 1 aliphatic heterocycles. The Balaban J connectivity index is 2.25. The van der Waals surface area contributed by atoms with E-state index in [9.17, 15) is 8.42 Å². The number of nitrogens with zero attached hydrogens (tertiary/aromatic N) is 1. The molecule has 0 saturated carbocycles. The fourth-order valence-electron chi connectivity index (χ4n) is 2.47. The highest BCUT2D eigenvalue weighted by Gasteiger charge is 2.29. The van der Waals surface area contributed by atoms with Crippen molar-refractivity contribution in [2.24, 2.45) is 5.92 Å². The van der Waals surface area contributed by atoms with E-state index in [1.54, 1.807) is 0 Å². The van der Waals surface area contributed by atoms with Gasteiger partial charge in [-0.2, -0.15) is 0 Å². The predicted molar refractivity (Wildman–Crippen MR) is 75.1 cm³/mol. The van der Waals surface area contributed by atoms with E-state index in [1.165, 1.54) is 0 Å². The summed E-state index contributed by atoms with van der Waals surface area (Å²) < 4.78 is 25.7. The first-order valence-electron chi connectivity index (χ1n) is 6.18. The Kier molecular flexibility index (Phi) is 3.44. The van der Waals surface area contributed by atoms with Gasteiger partial charge in [0, 0.05) is 23.9 Å². The molecular formula is C12H20N2O2S2. The molecule has 0 spiro atoms. The molecule has 1 aromatic heterocycles. The smallest absolute Gasteiger partial charge is 0.177 e. The third kappa shape index (κ3) is 2.85. The molecule has 1 fully saturated rings. The zero-order valence-electron chi connectivity index (χ0n) is 11.1. The number of rotatable bonds is 2. The average molecular weight is 288 g/mol. The van der Waals surface area contributed by atoms with E-state index in [4.69, 9.17) is 12.2 Å². The lowest BCUT2D eigenvalue weighted by Crippen LogP contribution is -2.21. The molecule has 6 heteroatoms. The van der Waals surface area contributed by atoms with E-state index in [1.807, 2.05) is 6.20 Å². The topological polar surface area (TPSA) is 54.9 Å². The molecule has 1 atom stereocenters. The lowest BCUT2D eigenvalue weighted by molar-refractivity contribution is 0.442. The zero-order chi connectivity index (χ0) is 13.6. The third-order valence-electron chi connectivity index (χ3n) is 3.40. The van der Waals surface area contributed by atoms with Crippen LogP contribution < -0.4 is 0 Å². The summed E-state index contributed by atoms with van der Waals surface area (Å²) in [6.45, 7) is 7.10. The van der Waals surface area contributed by atoms with E-state index in [0.717, 1.165) is 12.1 Å². The number of imidazole rings is 1. The van der Waals surface area contributed by atoms with Crippen LogP contribution in [-0.4, -0.2) is 29.5 Å². The van der Waals surface area contributed by atoms with Crippen LogP contribution >= 0.6 is 12.2 Å². The fourth-order valence-corrected chi connectivity index (χ4v) is 4.55. The Morgan fingerprint density at radius 3 is 2.67 bits per heavy atom. The van der Waals surface area contributed by atoms with Crippen LogP contribution in [0.15, 0.2) is 6.20 Å². The Morgan fingerprint density at radius 1 is 1.50 bits per heavy atom. The zero-order valence-corrected chi connectivity index (χ0v) is 12.7.